The van der Waals surface area contributed by atoms with Gasteiger partial charge < -0.3 is 4.90 Å². The summed E-state index contributed by atoms with van der Waals surface area (Å²) in [6, 6.07) is 9.45. The molecule has 0 spiro atoms. The first-order valence-corrected chi connectivity index (χ1v) is 10.1. The predicted molar refractivity (Wildman–Crippen MR) is 101 cm³/mol. The van der Waals surface area contributed by atoms with Crippen LogP contribution in [0.15, 0.2) is 30.3 Å². The zero-order valence-corrected chi connectivity index (χ0v) is 15.8. The summed E-state index contributed by atoms with van der Waals surface area (Å²) < 4.78 is 38.2. The number of hydrogen-bond acceptors (Lipinski definition) is 2. The normalized spacial score (nSPS) is 24.6. The van der Waals surface area contributed by atoms with Crippen molar-refractivity contribution < 1.29 is 18.0 Å². The summed E-state index contributed by atoms with van der Waals surface area (Å²) in [5.74, 6) is -0.408. The molecule has 0 radical (unpaired) electrons. The van der Waals surface area contributed by atoms with Crippen LogP contribution in [0.5, 0.6) is 0 Å². The van der Waals surface area contributed by atoms with Crippen LogP contribution < -0.4 is 4.90 Å². The summed E-state index contributed by atoms with van der Waals surface area (Å²) in [5.41, 5.74) is 0.723. The number of anilines is 1. The van der Waals surface area contributed by atoms with Crippen molar-refractivity contribution in [2.75, 3.05) is 18.0 Å². The van der Waals surface area contributed by atoms with Crippen LogP contribution in [0, 0.1) is 0 Å². The van der Waals surface area contributed by atoms with Gasteiger partial charge in [-0.15, -0.1) is 0 Å². The van der Waals surface area contributed by atoms with Gasteiger partial charge in [0.1, 0.15) is 0 Å². The molecule has 150 valence electrons. The van der Waals surface area contributed by atoms with E-state index in [0.717, 1.165) is 63.7 Å². The second kappa shape index (κ2) is 9.09. The third-order valence-electron chi connectivity index (χ3n) is 5.81. The van der Waals surface area contributed by atoms with Crippen LogP contribution in [-0.4, -0.2) is 42.2 Å². The molecular weight excluding hydrogens is 353 g/mol. The molecule has 3 rings (SSSR count). The van der Waals surface area contributed by atoms with Crippen molar-refractivity contribution in [3.63, 3.8) is 0 Å². The van der Waals surface area contributed by atoms with Gasteiger partial charge in [0.2, 0.25) is 5.91 Å². The van der Waals surface area contributed by atoms with Gasteiger partial charge >= 0.3 is 6.18 Å². The summed E-state index contributed by atoms with van der Waals surface area (Å²) in [6.45, 7) is 2.06. The van der Waals surface area contributed by atoms with Gasteiger partial charge in [-0.05, 0) is 50.9 Å². The lowest BCUT2D eigenvalue weighted by molar-refractivity contribution is -0.143. The van der Waals surface area contributed by atoms with Gasteiger partial charge in [0.25, 0.3) is 0 Å². The fourth-order valence-electron chi connectivity index (χ4n) is 4.55. The van der Waals surface area contributed by atoms with E-state index in [1.807, 2.05) is 30.3 Å². The van der Waals surface area contributed by atoms with Crippen molar-refractivity contribution >= 4 is 11.6 Å². The van der Waals surface area contributed by atoms with Crippen molar-refractivity contribution in [1.82, 2.24) is 4.90 Å². The molecule has 1 aliphatic carbocycles. The highest BCUT2D eigenvalue weighted by molar-refractivity contribution is 5.94. The number of nitrogens with zero attached hydrogens (tertiary/aromatic N) is 2. The van der Waals surface area contributed by atoms with Crippen molar-refractivity contribution in [3.05, 3.63) is 30.3 Å². The van der Waals surface area contributed by atoms with Crippen molar-refractivity contribution in [3.8, 4) is 0 Å². The number of carbonyl (C=O) groups is 1. The van der Waals surface area contributed by atoms with Gasteiger partial charge in [-0.25, -0.2) is 0 Å². The molecule has 2 fully saturated rings. The Morgan fingerprint density at radius 3 is 2.33 bits per heavy atom. The highest BCUT2D eigenvalue weighted by Crippen LogP contribution is 2.33. The molecule has 1 amide bonds. The minimum absolute atomic E-state index is 0.0475. The van der Waals surface area contributed by atoms with Crippen LogP contribution in [0.3, 0.4) is 0 Å². The number of amides is 1. The molecule has 0 bridgehead atoms. The first-order chi connectivity index (χ1) is 13.0. The monoisotopic (exact) mass is 382 g/mol. The average molecular weight is 382 g/mol. The highest BCUT2D eigenvalue weighted by atomic mass is 19.4. The van der Waals surface area contributed by atoms with Gasteiger partial charge in [-0.1, -0.05) is 37.5 Å². The number of hydrogen-bond donors (Lipinski definition) is 0. The van der Waals surface area contributed by atoms with E-state index in [1.54, 1.807) is 4.90 Å². The molecule has 1 heterocycles. The summed E-state index contributed by atoms with van der Waals surface area (Å²) in [7, 11) is 0. The van der Waals surface area contributed by atoms with Crippen LogP contribution in [0.25, 0.3) is 0 Å². The number of benzene rings is 1. The van der Waals surface area contributed by atoms with E-state index in [-0.39, 0.29) is 12.1 Å². The molecule has 6 heteroatoms. The molecule has 0 N–H and O–H groups in total. The van der Waals surface area contributed by atoms with Crippen LogP contribution >= 0.6 is 0 Å². The van der Waals surface area contributed by atoms with Crippen molar-refractivity contribution in [2.45, 2.75) is 76.0 Å². The molecule has 1 aliphatic heterocycles. The Morgan fingerprint density at radius 1 is 1.00 bits per heavy atom. The van der Waals surface area contributed by atoms with Crippen LogP contribution in [0.4, 0.5) is 18.9 Å². The number of likely N-dealkylation sites (tertiary alicyclic amines) is 1. The van der Waals surface area contributed by atoms with E-state index in [0.29, 0.717) is 0 Å². The second-order valence-corrected chi connectivity index (χ2v) is 7.73. The van der Waals surface area contributed by atoms with Crippen LogP contribution in [0.2, 0.25) is 0 Å². The predicted octanol–water partition coefficient (Wildman–Crippen LogP) is 5.16. The molecule has 1 saturated carbocycles. The lowest BCUT2D eigenvalue weighted by Crippen LogP contribution is -2.53. The smallest absolute Gasteiger partial charge is 0.308 e. The fourth-order valence-corrected chi connectivity index (χ4v) is 4.55. The first-order valence-electron chi connectivity index (χ1n) is 10.1. The third-order valence-corrected chi connectivity index (χ3v) is 5.81. The lowest BCUT2D eigenvalue weighted by atomic mass is 9.98. The third kappa shape index (κ3) is 5.47. The van der Waals surface area contributed by atoms with Gasteiger partial charge in [0.15, 0.2) is 0 Å². The SMILES string of the molecule is O=C(CCC(F)(F)F)N(c1ccccc1)[C@@H]1CCCCC[C@H]1N1CCCC1. The average Bonchev–Trinajstić information content (AvgIpc) is 3.07. The zero-order chi connectivity index (χ0) is 19.3. The van der Waals surface area contributed by atoms with Gasteiger partial charge in [0, 0.05) is 18.2 Å². The Morgan fingerprint density at radius 2 is 1.67 bits per heavy atom. The summed E-state index contributed by atoms with van der Waals surface area (Å²) in [4.78, 5) is 17.1. The van der Waals surface area contributed by atoms with Crippen LogP contribution in [-0.2, 0) is 4.79 Å². The lowest BCUT2D eigenvalue weighted by Gasteiger charge is -2.40. The molecule has 3 nitrogen and oxygen atoms in total. The standard InChI is InChI=1S/C21H29F3N2O/c22-21(23,24)14-13-20(27)26(17-9-3-1-4-10-17)19-12-6-2-5-11-18(19)25-15-7-8-16-25/h1,3-4,9-10,18-19H,2,5-8,11-16H2/t18-,19-/m1/s1. The molecule has 27 heavy (non-hydrogen) atoms. The van der Waals surface area contributed by atoms with E-state index in [1.165, 1.54) is 0 Å². The molecule has 1 aromatic carbocycles. The number of rotatable bonds is 5. The zero-order valence-electron chi connectivity index (χ0n) is 15.8. The number of para-hydroxylation sites is 1. The fraction of sp³-hybridized carbons (Fsp3) is 0.667. The van der Waals surface area contributed by atoms with Gasteiger partial charge in [-0.2, -0.15) is 13.2 Å². The molecule has 1 aromatic rings. The van der Waals surface area contributed by atoms with E-state index < -0.39 is 24.9 Å². The largest absolute Gasteiger partial charge is 0.389 e. The summed E-state index contributed by atoms with van der Waals surface area (Å²) >= 11 is 0. The summed E-state index contributed by atoms with van der Waals surface area (Å²) in [6.07, 6.45) is 1.61. The summed E-state index contributed by atoms with van der Waals surface area (Å²) in [5, 5.41) is 0. The Bertz CT molecular complexity index is 599. The Labute approximate surface area is 159 Å². The molecule has 0 aromatic heterocycles. The molecule has 2 atom stereocenters. The molecule has 2 aliphatic rings. The van der Waals surface area contributed by atoms with Crippen molar-refractivity contribution in [1.29, 1.82) is 0 Å². The van der Waals surface area contributed by atoms with E-state index in [2.05, 4.69) is 4.90 Å². The van der Waals surface area contributed by atoms with E-state index in [4.69, 9.17) is 0 Å². The maximum absolute atomic E-state index is 13.0. The maximum atomic E-state index is 13.0. The van der Waals surface area contributed by atoms with E-state index >= 15 is 0 Å². The topological polar surface area (TPSA) is 23.6 Å². The van der Waals surface area contributed by atoms with Crippen molar-refractivity contribution in [2.24, 2.45) is 0 Å². The number of carbonyl (C=O) groups excluding carboxylic acids is 1. The first kappa shape index (κ1) is 20.2. The quantitative estimate of drug-likeness (QED) is 0.657. The van der Waals surface area contributed by atoms with Crippen LogP contribution in [0.1, 0.15) is 57.8 Å². The highest BCUT2D eigenvalue weighted by Gasteiger charge is 2.38. The molecule has 1 saturated heterocycles. The Hall–Kier alpha value is -1.56. The van der Waals surface area contributed by atoms with Gasteiger partial charge in [-0.3, -0.25) is 9.69 Å². The minimum Gasteiger partial charge on any atom is -0.308 e. The molecular formula is C21H29F3N2O. The minimum atomic E-state index is -4.31. The second-order valence-electron chi connectivity index (χ2n) is 7.73. The maximum Gasteiger partial charge on any atom is 0.389 e. The number of alkyl halides is 3. The molecule has 0 unspecified atom stereocenters. The van der Waals surface area contributed by atoms with Gasteiger partial charge in [0.05, 0.1) is 12.5 Å². The van der Waals surface area contributed by atoms with E-state index in [9.17, 15) is 18.0 Å². The number of halogens is 3. The Balaban J connectivity index is 1.88. The Kier molecular flexibility index (Phi) is 6.79.